The molecule has 0 N–H and O–H groups in total. The van der Waals surface area contributed by atoms with Gasteiger partial charge in [0.1, 0.15) is 5.82 Å². The number of urea groups is 1. The third-order valence-corrected chi connectivity index (χ3v) is 7.16. The van der Waals surface area contributed by atoms with E-state index in [1.54, 1.807) is 27.8 Å². The summed E-state index contributed by atoms with van der Waals surface area (Å²) >= 11 is 0. The van der Waals surface area contributed by atoms with E-state index < -0.39 is 0 Å². The molecule has 0 radical (unpaired) electrons. The lowest BCUT2D eigenvalue weighted by molar-refractivity contribution is -0.117. The van der Waals surface area contributed by atoms with Gasteiger partial charge in [0, 0.05) is 71.2 Å². The Bertz CT molecular complexity index is 1170. The number of nitrogens with zero attached hydrogens (tertiary/aromatic N) is 6. The zero-order chi connectivity index (χ0) is 24.7. The summed E-state index contributed by atoms with van der Waals surface area (Å²) < 4.78 is 0. The first-order valence-electron chi connectivity index (χ1n) is 12.3. The average molecular weight is 477 g/mol. The molecule has 1 aromatic carbocycles. The Hall–Kier alpha value is -3.62. The standard InChI is InChI=1S/C26H32N6O3/c1-18-15-19(2)24(27-17-18)29-10-12-30(13-11-29)25(34)21-7-6-20(31-8-4-5-23(31)33)16-22(21)32-14-9-28(3)26(32)35/h6-7,15-17H,4-5,8-14H2,1-3H3. The predicted octanol–water partition coefficient (Wildman–Crippen LogP) is 2.66. The summed E-state index contributed by atoms with van der Waals surface area (Å²) in [5, 5.41) is 0. The lowest BCUT2D eigenvalue weighted by atomic mass is 10.1. The molecule has 0 aliphatic carbocycles. The van der Waals surface area contributed by atoms with E-state index in [0.717, 1.165) is 29.1 Å². The second-order valence-corrected chi connectivity index (χ2v) is 9.64. The molecule has 4 heterocycles. The summed E-state index contributed by atoms with van der Waals surface area (Å²) in [4.78, 5) is 52.6. The third kappa shape index (κ3) is 4.31. The van der Waals surface area contributed by atoms with Gasteiger partial charge < -0.3 is 19.6 Å². The van der Waals surface area contributed by atoms with Gasteiger partial charge >= 0.3 is 6.03 Å². The normalized spacial score (nSPS) is 18.8. The van der Waals surface area contributed by atoms with Crippen LogP contribution >= 0.6 is 0 Å². The Balaban J connectivity index is 1.39. The van der Waals surface area contributed by atoms with E-state index in [2.05, 4.69) is 22.9 Å². The van der Waals surface area contributed by atoms with E-state index in [9.17, 15) is 14.4 Å². The predicted molar refractivity (Wildman–Crippen MR) is 135 cm³/mol. The van der Waals surface area contributed by atoms with Crippen LogP contribution in [-0.2, 0) is 4.79 Å². The Morgan fingerprint density at radius 1 is 0.914 bits per heavy atom. The molecule has 0 atom stereocenters. The molecular weight excluding hydrogens is 444 g/mol. The number of anilines is 3. The zero-order valence-electron chi connectivity index (χ0n) is 20.7. The van der Waals surface area contributed by atoms with Gasteiger partial charge in [0.25, 0.3) is 5.91 Å². The first kappa shape index (κ1) is 23.1. The Morgan fingerprint density at radius 3 is 2.31 bits per heavy atom. The van der Waals surface area contributed by atoms with E-state index in [0.29, 0.717) is 63.5 Å². The van der Waals surface area contributed by atoms with Crippen LogP contribution in [0.1, 0.15) is 34.3 Å². The van der Waals surface area contributed by atoms with E-state index >= 15 is 0 Å². The number of aromatic nitrogens is 1. The van der Waals surface area contributed by atoms with Gasteiger partial charge in [-0.2, -0.15) is 0 Å². The van der Waals surface area contributed by atoms with Gasteiger partial charge in [-0.15, -0.1) is 0 Å². The minimum Gasteiger partial charge on any atom is -0.353 e. The SMILES string of the molecule is Cc1cnc(N2CCN(C(=O)c3ccc(N4CCCC4=O)cc3N3CCN(C)C3=O)CC2)c(C)c1. The van der Waals surface area contributed by atoms with Crippen LogP contribution in [0.3, 0.4) is 0 Å². The number of amides is 4. The topological polar surface area (TPSA) is 80.3 Å². The molecule has 3 fully saturated rings. The minimum absolute atomic E-state index is 0.0797. The van der Waals surface area contributed by atoms with Gasteiger partial charge in [-0.05, 0) is 49.6 Å². The second-order valence-electron chi connectivity index (χ2n) is 9.64. The van der Waals surface area contributed by atoms with Gasteiger partial charge in [-0.1, -0.05) is 6.07 Å². The van der Waals surface area contributed by atoms with E-state index in [1.165, 1.54) is 0 Å². The quantitative estimate of drug-likeness (QED) is 0.678. The van der Waals surface area contributed by atoms with Gasteiger partial charge in [0.2, 0.25) is 5.91 Å². The van der Waals surface area contributed by atoms with Crippen LogP contribution < -0.4 is 14.7 Å². The Labute approximate surface area is 205 Å². The maximum absolute atomic E-state index is 13.7. The highest BCUT2D eigenvalue weighted by atomic mass is 16.2. The summed E-state index contributed by atoms with van der Waals surface area (Å²) in [7, 11) is 1.76. The summed E-state index contributed by atoms with van der Waals surface area (Å²) in [6.07, 6.45) is 3.23. The summed E-state index contributed by atoms with van der Waals surface area (Å²) in [5.74, 6) is 0.958. The van der Waals surface area contributed by atoms with Crippen molar-refractivity contribution in [2.45, 2.75) is 26.7 Å². The molecule has 2 aromatic rings. The van der Waals surface area contributed by atoms with Gasteiger partial charge in [0.15, 0.2) is 0 Å². The first-order chi connectivity index (χ1) is 16.8. The van der Waals surface area contributed by atoms with Crippen LogP contribution in [0.15, 0.2) is 30.5 Å². The molecule has 1 aromatic heterocycles. The third-order valence-electron chi connectivity index (χ3n) is 7.16. The highest BCUT2D eigenvalue weighted by Crippen LogP contribution is 2.32. The van der Waals surface area contributed by atoms with Crippen LogP contribution in [0.25, 0.3) is 0 Å². The van der Waals surface area contributed by atoms with Crippen LogP contribution in [0, 0.1) is 13.8 Å². The summed E-state index contributed by atoms with van der Waals surface area (Å²) in [5.41, 5.74) is 4.10. The zero-order valence-corrected chi connectivity index (χ0v) is 20.7. The number of rotatable bonds is 4. The molecule has 3 saturated heterocycles. The van der Waals surface area contributed by atoms with Crippen molar-refractivity contribution in [1.29, 1.82) is 0 Å². The Morgan fingerprint density at radius 2 is 1.69 bits per heavy atom. The largest absolute Gasteiger partial charge is 0.353 e. The molecule has 3 aliphatic heterocycles. The number of piperazine rings is 1. The number of hydrogen-bond acceptors (Lipinski definition) is 5. The molecule has 3 aliphatic rings. The molecule has 4 amide bonds. The fraction of sp³-hybridized carbons (Fsp3) is 0.462. The highest BCUT2D eigenvalue weighted by molar-refractivity contribution is 6.07. The molecular formula is C26H32N6O3. The molecule has 184 valence electrons. The fourth-order valence-corrected chi connectivity index (χ4v) is 5.21. The van der Waals surface area contributed by atoms with Crippen LogP contribution in [0.5, 0.6) is 0 Å². The lowest BCUT2D eigenvalue weighted by Gasteiger charge is -2.36. The Kier molecular flexibility index (Phi) is 6.08. The van der Waals surface area contributed by atoms with Crippen molar-refractivity contribution in [2.75, 3.05) is 67.6 Å². The number of likely N-dealkylation sites (N-methyl/N-ethyl adjacent to an activating group) is 1. The van der Waals surface area contributed by atoms with Crippen LogP contribution in [-0.4, -0.2) is 85.5 Å². The summed E-state index contributed by atoms with van der Waals surface area (Å²) in [6, 6.07) is 7.45. The highest BCUT2D eigenvalue weighted by Gasteiger charge is 2.33. The van der Waals surface area contributed by atoms with Crippen molar-refractivity contribution >= 4 is 35.0 Å². The first-order valence-corrected chi connectivity index (χ1v) is 12.3. The molecule has 5 rings (SSSR count). The lowest BCUT2D eigenvalue weighted by Crippen LogP contribution is -2.49. The van der Waals surface area contributed by atoms with Crippen molar-refractivity contribution in [3.05, 3.63) is 47.2 Å². The average Bonchev–Trinajstić information content (AvgIpc) is 3.43. The van der Waals surface area contributed by atoms with Gasteiger partial charge in [0.05, 0.1) is 11.3 Å². The molecule has 0 saturated carbocycles. The number of benzene rings is 1. The second kappa shape index (κ2) is 9.20. The van der Waals surface area contributed by atoms with Gasteiger partial charge in [-0.3, -0.25) is 14.5 Å². The van der Waals surface area contributed by atoms with Crippen molar-refractivity contribution in [3.63, 3.8) is 0 Å². The van der Waals surface area contributed by atoms with Crippen molar-refractivity contribution in [2.24, 2.45) is 0 Å². The molecule has 9 nitrogen and oxygen atoms in total. The van der Waals surface area contributed by atoms with Crippen LogP contribution in [0.4, 0.5) is 22.0 Å². The number of hydrogen-bond donors (Lipinski definition) is 0. The number of pyridine rings is 1. The molecule has 9 heteroatoms. The van der Waals surface area contributed by atoms with Crippen LogP contribution in [0.2, 0.25) is 0 Å². The molecule has 0 unspecified atom stereocenters. The maximum Gasteiger partial charge on any atom is 0.324 e. The van der Waals surface area contributed by atoms with E-state index in [-0.39, 0.29) is 17.8 Å². The van der Waals surface area contributed by atoms with E-state index in [1.807, 2.05) is 30.2 Å². The minimum atomic E-state index is -0.130. The van der Waals surface area contributed by atoms with E-state index in [4.69, 9.17) is 0 Å². The molecule has 0 bridgehead atoms. The monoisotopic (exact) mass is 476 g/mol. The maximum atomic E-state index is 13.7. The number of carbonyl (C=O) groups excluding carboxylic acids is 3. The van der Waals surface area contributed by atoms with Crippen molar-refractivity contribution < 1.29 is 14.4 Å². The molecule has 35 heavy (non-hydrogen) atoms. The van der Waals surface area contributed by atoms with Gasteiger partial charge in [-0.25, -0.2) is 9.78 Å². The van der Waals surface area contributed by atoms with Crippen molar-refractivity contribution in [1.82, 2.24) is 14.8 Å². The summed E-state index contributed by atoms with van der Waals surface area (Å²) in [6.45, 7) is 8.42. The number of aryl methyl sites for hydroxylation is 2. The molecule has 0 spiro atoms. The smallest absolute Gasteiger partial charge is 0.324 e. The number of carbonyl (C=O) groups is 3. The van der Waals surface area contributed by atoms with Crippen molar-refractivity contribution in [3.8, 4) is 0 Å². The fourth-order valence-electron chi connectivity index (χ4n) is 5.21.